The lowest BCUT2D eigenvalue weighted by atomic mass is 9.89. The van der Waals surface area contributed by atoms with Crippen molar-refractivity contribution in [1.82, 2.24) is 4.31 Å². The van der Waals surface area contributed by atoms with Crippen molar-refractivity contribution >= 4 is 37.5 Å². The van der Waals surface area contributed by atoms with Gasteiger partial charge in [-0.3, -0.25) is 4.79 Å². The summed E-state index contributed by atoms with van der Waals surface area (Å²) in [7, 11) is -3.69. The van der Waals surface area contributed by atoms with Crippen LogP contribution >= 0.6 is 15.9 Å². The van der Waals surface area contributed by atoms with Gasteiger partial charge >= 0.3 is 0 Å². The van der Waals surface area contributed by atoms with E-state index in [-0.39, 0.29) is 18.0 Å². The molecule has 1 aromatic carbocycles. The van der Waals surface area contributed by atoms with Gasteiger partial charge < -0.3 is 11.5 Å². The Labute approximate surface area is 132 Å². The van der Waals surface area contributed by atoms with Crippen molar-refractivity contribution in [2.45, 2.75) is 25.2 Å². The third kappa shape index (κ3) is 2.79. The van der Waals surface area contributed by atoms with Crippen LogP contribution in [0, 0.1) is 12.3 Å². The maximum atomic E-state index is 12.7. The van der Waals surface area contributed by atoms with Gasteiger partial charge in [-0.25, -0.2) is 8.42 Å². The highest BCUT2D eigenvalue weighted by molar-refractivity contribution is 9.10. The highest BCUT2D eigenvalue weighted by atomic mass is 79.9. The molecule has 1 aliphatic heterocycles. The number of sulfonamides is 1. The fraction of sp³-hybridized carbons (Fsp3) is 0.462. The van der Waals surface area contributed by atoms with Gasteiger partial charge in [0.1, 0.15) is 0 Å². The van der Waals surface area contributed by atoms with Gasteiger partial charge in [0.05, 0.1) is 10.3 Å². The van der Waals surface area contributed by atoms with E-state index >= 15 is 0 Å². The molecule has 116 valence electrons. The molecule has 0 aromatic heterocycles. The predicted octanol–water partition coefficient (Wildman–Crippen LogP) is 1.23. The van der Waals surface area contributed by atoms with Crippen LogP contribution in [0.15, 0.2) is 21.5 Å². The van der Waals surface area contributed by atoms with E-state index < -0.39 is 21.3 Å². The number of rotatable bonds is 3. The number of carbonyl (C=O) groups excluding carboxylic acids is 1. The Balaban J connectivity index is 2.41. The predicted molar refractivity (Wildman–Crippen MR) is 84.0 cm³/mol. The lowest BCUT2D eigenvalue weighted by molar-refractivity contribution is -0.126. The first kappa shape index (κ1) is 16.3. The van der Waals surface area contributed by atoms with E-state index in [1.807, 2.05) is 0 Å². The Morgan fingerprint density at radius 1 is 1.43 bits per heavy atom. The molecule has 6 nitrogen and oxygen atoms in total. The molecule has 1 fully saturated rings. The maximum absolute atomic E-state index is 12.7. The van der Waals surface area contributed by atoms with E-state index in [1.165, 1.54) is 10.4 Å². The normalized spacial score (nSPS) is 23.4. The van der Waals surface area contributed by atoms with Crippen LogP contribution in [-0.2, 0) is 14.8 Å². The minimum atomic E-state index is -3.69. The number of anilines is 1. The quantitative estimate of drug-likeness (QED) is 0.774. The van der Waals surface area contributed by atoms with Crippen LogP contribution in [0.3, 0.4) is 0 Å². The molecule has 0 radical (unpaired) electrons. The van der Waals surface area contributed by atoms with Crippen LogP contribution in [0.1, 0.15) is 18.9 Å². The number of primary amides is 1. The van der Waals surface area contributed by atoms with Gasteiger partial charge in [0.15, 0.2) is 0 Å². The molecule has 2 rings (SSSR count). The average Bonchev–Trinajstić information content (AvgIpc) is 2.78. The molecule has 0 aliphatic carbocycles. The smallest absolute Gasteiger partial charge is 0.243 e. The Bertz CT molecular complexity index is 705. The molecular formula is C13H18BrN3O3S. The summed E-state index contributed by atoms with van der Waals surface area (Å²) in [4.78, 5) is 11.6. The highest BCUT2D eigenvalue weighted by Crippen LogP contribution is 2.35. The number of aryl methyl sites for hydroxylation is 1. The van der Waals surface area contributed by atoms with E-state index in [0.717, 1.165) is 0 Å². The molecule has 1 aromatic rings. The van der Waals surface area contributed by atoms with E-state index in [1.54, 1.807) is 19.9 Å². The molecule has 0 bridgehead atoms. The summed E-state index contributed by atoms with van der Waals surface area (Å²) in [6.45, 7) is 3.77. The number of benzene rings is 1. The van der Waals surface area contributed by atoms with Gasteiger partial charge in [-0.1, -0.05) is 0 Å². The van der Waals surface area contributed by atoms with Gasteiger partial charge in [0.2, 0.25) is 15.9 Å². The summed E-state index contributed by atoms with van der Waals surface area (Å²) in [6.07, 6.45) is 0.423. The third-order valence-corrected chi connectivity index (χ3v) is 6.62. The zero-order valence-electron chi connectivity index (χ0n) is 11.9. The third-order valence-electron chi connectivity index (χ3n) is 3.95. The maximum Gasteiger partial charge on any atom is 0.243 e. The van der Waals surface area contributed by atoms with Gasteiger partial charge in [-0.2, -0.15) is 4.31 Å². The van der Waals surface area contributed by atoms with Gasteiger partial charge in [-0.15, -0.1) is 0 Å². The Hall–Kier alpha value is -1.12. The Morgan fingerprint density at radius 3 is 2.57 bits per heavy atom. The molecule has 8 heteroatoms. The molecule has 21 heavy (non-hydrogen) atoms. The molecule has 1 amide bonds. The molecule has 1 unspecified atom stereocenters. The number of amides is 1. The van der Waals surface area contributed by atoms with Gasteiger partial charge in [0.25, 0.3) is 0 Å². The van der Waals surface area contributed by atoms with Crippen molar-refractivity contribution in [2.24, 2.45) is 11.1 Å². The minimum Gasteiger partial charge on any atom is -0.398 e. The van der Waals surface area contributed by atoms with Crippen molar-refractivity contribution in [1.29, 1.82) is 0 Å². The van der Waals surface area contributed by atoms with E-state index in [2.05, 4.69) is 15.9 Å². The number of nitrogens with two attached hydrogens (primary N) is 2. The van der Waals surface area contributed by atoms with E-state index in [9.17, 15) is 13.2 Å². The molecule has 1 heterocycles. The van der Waals surface area contributed by atoms with E-state index in [4.69, 9.17) is 11.5 Å². The molecule has 1 saturated heterocycles. The molecule has 1 atom stereocenters. The summed E-state index contributed by atoms with van der Waals surface area (Å²) in [6, 6.07) is 3.11. The molecular weight excluding hydrogens is 358 g/mol. The summed E-state index contributed by atoms with van der Waals surface area (Å²) in [5.74, 6) is -0.479. The zero-order chi connectivity index (χ0) is 16.0. The van der Waals surface area contributed by atoms with Crippen molar-refractivity contribution in [2.75, 3.05) is 18.8 Å². The summed E-state index contributed by atoms with van der Waals surface area (Å²) in [5.41, 5.74) is 11.3. The SMILES string of the molecule is Cc1cc(Br)c(N)cc1S(=O)(=O)N1CCC(C)(C(N)=O)C1. The number of carbonyl (C=O) groups is 1. The standard InChI is InChI=1S/C13H18BrN3O3S/c1-8-5-9(14)10(15)6-11(8)21(19,20)17-4-3-13(2,7-17)12(16)18/h5-6H,3-4,7,15H2,1-2H3,(H2,16,18). The lowest BCUT2D eigenvalue weighted by Gasteiger charge is -2.22. The van der Waals surface area contributed by atoms with Crippen LogP contribution in [0.5, 0.6) is 0 Å². The minimum absolute atomic E-state index is 0.0973. The van der Waals surface area contributed by atoms with Gasteiger partial charge in [0, 0.05) is 23.2 Å². The summed E-state index contributed by atoms with van der Waals surface area (Å²) < 4.78 is 27.4. The van der Waals surface area contributed by atoms with Crippen molar-refractivity contribution in [3.05, 3.63) is 22.2 Å². The second-order valence-electron chi connectivity index (χ2n) is 5.65. The zero-order valence-corrected chi connectivity index (χ0v) is 14.3. The summed E-state index contributed by atoms with van der Waals surface area (Å²) in [5, 5.41) is 0. The second kappa shape index (κ2) is 5.26. The fourth-order valence-corrected chi connectivity index (χ4v) is 4.67. The molecule has 1 aliphatic rings. The topological polar surface area (TPSA) is 106 Å². The van der Waals surface area contributed by atoms with Crippen LogP contribution in [0.4, 0.5) is 5.69 Å². The monoisotopic (exact) mass is 375 g/mol. The first-order valence-electron chi connectivity index (χ1n) is 6.43. The largest absolute Gasteiger partial charge is 0.398 e. The summed E-state index contributed by atoms with van der Waals surface area (Å²) >= 11 is 3.27. The van der Waals surface area contributed by atoms with Crippen LogP contribution < -0.4 is 11.5 Å². The highest BCUT2D eigenvalue weighted by Gasteiger charge is 2.44. The first-order chi connectivity index (χ1) is 9.58. The second-order valence-corrected chi connectivity index (χ2v) is 8.41. The van der Waals surface area contributed by atoms with Crippen LogP contribution in [-0.4, -0.2) is 31.7 Å². The Kier molecular flexibility index (Phi) is 4.07. The fourth-order valence-electron chi connectivity index (χ4n) is 2.41. The van der Waals surface area contributed by atoms with E-state index in [0.29, 0.717) is 22.1 Å². The number of hydrogen-bond donors (Lipinski definition) is 2. The number of nitrogen functional groups attached to an aromatic ring is 1. The molecule has 0 spiro atoms. The average molecular weight is 376 g/mol. The van der Waals surface area contributed by atoms with Crippen molar-refractivity contribution < 1.29 is 13.2 Å². The number of nitrogens with zero attached hydrogens (tertiary/aromatic N) is 1. The Morgan fingerprint density at radius 2 is 2.05 bits per heavy atom. The molecule has 0 saturated carbocycles. The van der Waals surface area contributed by atoms with Crippen molar-refractivity contribution in [3.63, 3.8) is 0 Å². The number of hydrogen-bond acceptors (Lipinski definition) is 4. The van der Waals surface area contributed by atoms with Gasteiger partial charge in [-0.05, 0) is 53.9 Å². The first-order valence-corrected chi connectivity index (χ1v) is 8.67. The molecule has 4 N–H and O–H groups in total. The van der Waals surface area contributed by atoms with Crippen LogP contribution in [0.2, 0.25) is 0 Å². The van der Waals surface area contributed by atoms with Crippen molar-refractivity contribution in [3.8, 4) is 0 Å². The lowest BCUT2D eigenvalue weighted by Crippen LogP contribution is -2.38. The number of halogens is 1. The van der Waals surface area contributed by atoms with Crippen LogP contribution in [0.25, 0.3) is 0 Å².